The highest BCUT2D eigenvalue weighted by molar-refractivity contribution is 8.00. The SMILES string of the molecule is O=C(O)COc1ccc(C2C(SCC(O)c3ccc4c(c3)OCO4)C(=O)N2c2ccc(F)cc2)cc1. The summed E-state index contributed by atoms with van der Waals surface area (Å²) < 4.78 is 29.4. The molecule has 3 unspecified atom stereocenters. The Morgan fingerprint density at radius 2 is 1.81 bits per heavy atom. The zero-order chi connectivity index (χ0) is 25.2. The Labute approximate surface area is 210 Å². The van der Waals surface area contributed by atoms with Crippen molar-refractivity contribution in [2.75, 3.05) is 24.1 Å². The van der Waals surface area contributed by atoms with Gasteiger partial charge in [-0.3, -0.25) is 4.79 Å². The van der Waals surface area contributed by atoms with Gasteiger partial charge in [-0.1, -0.05) is 18.2 Å². The lowest BCUT2D eigenvalue weighted by atomic mass is 9.92. The van der Waals surface area contributed by atoms with Gasteiger partial charge in [-0.2, -0.15) is 0 Å². The van der Waals surface area contributed by atoms with Crippen LogP contribution in [0.4, 0.5) is 10.1 Å². The number of amides is 1. The Hall–Kier alpha value is -3.76. The number of fused-ring (bicyclic) bond motifs is 1. The molecule has 0 spiro atoms. The summed E-state index contributed by atoms with van der Waals surface area (Å²) in [7, 11) is 0. The number of hydrogen-bond acceptors (Lipinski definition) is 7. The van der Waals surface area contributed by atoms with Gasteiger partial charge in [0, 0.05) is 11.4 Å². The molecule has 3 aromatic rings. The average molecular weight is 512 g/mol. The number of thioether (sulfide) groups is 1. The number of benzene rings is 3. The minimum Gasteiger partial charge on any atom is -0.482 e. The normalized spacial score (nSPS) is 19.1. The lowest BCUT2D eigenvalue weighted by Gasteiger charge is -2.47. The van der Waals surface area contributed by atoms with Gasteiger partial charge in [0.2, 0.25) is 12.7 Å². The number of hydrogen-bond donors (Lipinski definition) is 2. The molecule has 1 amide bonds. The highest BCUT2D eigenvalue weighted by atomic mass is 32.2. The number of carboxylic acids is 1. The van der Waals surface area contributed by atoms with Gasteiger partial charge in [0.15, 0.2) is 18.1 Å². The summed E-state index contributed by atoms with van der Waals surface area (Å²) in [6.07, 6.45) is -0.829. The Kier molecular flexibility index (Phi) is 6.71. The highest BCUT2D eigenvalue weighted by Gasteiger charge is 2.49. The molecule has 2 aliphatic heterocycles. The van der Waals surface area contributed by atoms with Crippen molar-refractivity contribution in [3.8, 4) is 17.2 Å². The Bertz CT molecular complexity index is 1270. The van der Waals surface area contributed by atoms with Crippen LogP contribution in [0, 0.1) is 5.82 Å². The van der Waals surface area contributed by atoms with Gasteiger partial charge in [-0.15, -0.1) is 11.8 Å². The zero-order valence-corrected chi connectivity index (χ0v) is 19.7. The smallest absolute Gasteiger partial charge is 0.341 e. The van der Waals surface area contributed by atoms with Crippen molar-refractivity contribution in [3.63, 3.8) is 0 Å². The van der Waals surface area contributed by atoms with Crippen LogP contribution in [0.1, 0.15) is 23.3 Å². The van der Waals surface area contributed by atoms with E-state index in [1.807, 2.05) is 0 Å². The van der Waals surface area contributed by atoms with E-state index in [0.29, 0.717) is 28.5 Å². The van der Waals surface area contributed by atoms with E-state index in [1.165, 1.54) is 23.9 Å². The Balaban J connectivity index is 1.34. The van der Waals surface area contributed by atoms with Crippen molar-refractivity contribution in [2.45, 2.75) is 17.4 Å². The highest BCUT2D eigenvalue weighted by Crippen LogP contribution is 2.46. The van der Waals surface area contributed by atoms with Crippen molar-refractivity contribution < 1.29 is 38.4 Å². The van der Waals surface area contributed by atoms with Crippen LogP contribution in [0.15, 0.2) is 66.7 Å². The molecule has 3 aromatic carbocycles. The molecule has 0 saturated carbocycles. The molecule has 3 atom stereocenters. The maximum atomic E-state index is 13.5. The first-order chi connectivity index (χ1) is 17.4. The summed E-state index contributed by atoms with van der Waals surface area (Å²) in [4.78, 5) is 25.5. The standard InChI is InChI=1S/C26H22FNO7S/c27-17-4-6-18(7-5-17)28-24(15-1-8-19(9-2-15)33-12-23(30)31)25(26(28)32)36-13-20(29)16-3-10-21-22(11-16)35-14-34-21/h1-11,20,24-25,29H,12-14H2,(H,30,31). The number of rotatable bonds is 9. The molecule has 0 radical (unpaired) electrons. The number of aliphatic carboxylic acids is 1. The van der Waals surface area contributed by atoms with Gasteiger partial charge in [0.05, 0.1) is 12.1 Å². The molecule has 2 aliphatic rings. The maximum Gasteiger partial charge on any atom is 0.341 e. The number of aliphatic hydroxyl groups is 1. The van der Waals surface area contributed by atoms with Crippen LogP contribution in [-0.4, -0.2) is 46.5 Å². The maximum absolute atomic E-state index is 13.5. The molecule has 186 valence electrons. The molecule has 10 heteroatoms. The van der Waals surface area contributed by atoms with Crippen LogP contribution in [0.25, 0.3) is 0 Å². The zero-order valence-electron chi connectivity index (χ0n) is 18.9. The Morgan fingerprint density at radius 3 is 2.53 bits per heavy atom. The second-order valence-electron chi connectivity index (χ2n) is 8.26. The summed E-state index contributed by atoms with van der Waals surface area (Å²) in [5, 5.41) is 19.1. The van der Waals surface area contributed by atoms with Crippen LogP contribution in [0.5, 0.6) is 17.2 Å². The average Bonchev–Trinajstić information content (AvgIpc) is 3.35. The van der Waals surface area contributed by atoms with E-state index in [9.17, 15) is 19.1 Å². The monoisotopic (exact) mass is 511 g/mol. The number of nitrogens with zero attached hydrogens (tertiary/aromatic N) is 1. The summed E-state index contributed by atoms with van der Waals surface area (Å²) in [6.45, 7) is -0.319. The lowest BCUT2D eigenvalue weighted by molar-refractivity contribution is -0.139. The molecule has 2 heterocycles. The molecule has 36 heavy (non-hydrogen) atoms. The van der Waals surface area contributed by atoms with Gasteiger partial charge < -0.3 is 29.3 Å². The van der Waals surface area contributed by atoms with E-state index in [2.05, 4.69) is 0 Å². The van der Waals surface area contributed by atoms with E-state index >= 15 is 0 Å². The molecule has 0 bridgehead atoms. The number of aliphatic hydroxyl groups excluding tert-OH is 1. The predicted octanol–water partition coefficient (Wildman–Crippen LogP) is 3.94. The number of carboxylic acid groups (broad SMARTS) is 1. The Morgan fingerprint density at radius 1 is 1.08 bits per heavy atom. The third-order valence-corrected chi connectivity index (χ3v) is 7.28. The van der Waals surface area contributed by atoms with Gasteiger partial charge in [0.25, 0.3) is 0 Å². The van der Waals surface area contributed by atoms with Crippen LogP contribution < -0.4 is 19.1 Å². The van der Waals surface area contributed by atoms with E-state index < -0.39 is 29.7 Å². The minimum absolute atomic E-state index is 0.140. The fourth-order valence-electron chi connectivity index (χ4n) is 4.16. The van der Waals surface area contributed by atoms with E-state index in [-0.39, 0.29) is 24.5 Å². The number of carbonyl (C=O) groups excluding carboxylic acids is 1. The van der Waals surface area contributed by atoms with Gasteiger partial charge >= 0.3 is 5.97 Å². The fraction of sp³-hybridized carbons (Fsp3) is 0.231. The van der Waals surface area contributed by atoms with Crippen molar-refractivity contribution in [2.24, 2.45) is 0 Å². The fourth-order valence-corrected chi connectivity index (χ4v) is 5.46. The van der Waals surface area contributed by atoms with Crippen LogP contribution in [-0.2, 0) is 9.59 Å². The summed E-state index contributed by atoms with van der Waals surface area (Å²) >= 11 is 1.33. The van der Waals surface area contributed by atoms with Crippen LogP contribution in [0.3, 0.4) is 0 Å². The lowest BCUT2D eigenvalue weighted by Crippen LogP contribution is -2.57. The van der Waals surface area contributed by atoms with Crippen molar-refractivity contribution in [3.05, 3.63) is 83.7 Å². The quantitative estimate of drug-likeness (QED) is 0.416. The molecule has 2 N–H and O–H groups in total. The third kappa shape index (κ3) is 4.82. The molecule has 1 fully saturated rings. The number of β-lactam (4-membered cyclic amide) rings is 1. The molecule has 0 aliphatic carbocycles. The van der Waals surface area contributed by atoms with Gasteiger partial charge in [0.1, 0.15) is 16.8 Å². The number of halogens is 1. The molecular weight excluding hydrogens is 489 g/mol. The van der Waals surface area contributed by atoms with E-state index in [4.69, 9.17) is 19.3 Å². The molecular formula is C26H22FNO7S. The first kappa shape index (κ1) is 24.0. The predicted molar refractivity (Wildman–Crippen MR) is 130 cm³/mol. The molecule has 5 rings (SSSR count). The van der Waals surface area contributed by atoms with Crippen molar-refractivity contribution >= 4 is 29.3 Å². The number of carbonyl (C=O) groups is 2. The van der Waals surface area contributed by atoms with E-state index in [1.54, 1.807) is 59.5 Å². The second kappa shape index (κ2) is 10.1. The largest absolute Gasteiger partial charge is 0.482 e. The topological polar surface area (TPSA) is 106 Å². The second-order valence-corrected chi connectivity index (χ2v) is 9.44. The first-order valence-electron chi connectivity index (χ1n) is 11.1. The minimum atomic E-state index is -1.08. The van der Waals surface area contributed by atoms with Crippen molar-refractivity contribution in [1.29, 1.82) is 0 Å². The molecule has 0 aromatic heterocycles. The van der Waals surface area contributed by atoms with Gasteiger partial charge in [-0.25, -0.2) is 9.18 Å². The summed E-state index contributed by atoms with van der Waals surface area (Å²) in [5.74, 6) is 0.220. The number of anilines is 1. The summed E-state index contributed by atoms with van der Waals surface area (Å²) in [6, 6.07) is 17.4. The third-order valence-electron chi connectivity index (χ3n) is 5.95. The van der Waals surface area contributed by atoms with Crippen LogP contribution in [0.2, 0.25) is 0 Å². The van der Waals surface area contributed by atoms with Gasteiger partial charge in [-0.05, 0) is 59.7 Å². The number of ether oxygens (including phenoxy) is 3. The molecule has 8 nitrogen and oxygen atoms in total. The first-order valence-corrected chi connectivity index (χ1v) is 12.2. The van der Waals surface area contributed by atoms with E-state index in [0.717, 1.165) is 5.56 Å². The molecule has 1 saturated heterocycles. The van der Waals surface area contributed by atoms with Crippen LogP contribution >= 0.6 is 11.8 Å². The van der Waals surface area contributed by atoms with Crippen molar-refractivity contribution in [1.82, 2.24) is 0 Å². The summed E-state index contributed by atoms with van der Waals surface area (Å²) in [5.41, 5.74) is 2.02.